The minimum atomic E-state index is -0.541. The molecule has 2 heteroatoms. The fourth-order valence-electron chi connectivity index (χ4n) is 9.89. The minimum absolute atomic E-state index is 0.126. The van der Waals surface area contributed by atoms with Crippen molar-refractivity contribution in [2.24, 2.45) is 5.92 Å². The lowest BCUT2D eigenvalue weighted by molar-refractivity contribution is 0.584. The van der Waals surface area contributed by atoms with Crippen molar-refractivity contribution >= 4 is 50.4 Å². The van der Waals surface area contributed by atoms with Crippen molar-refractivity contribution in [3.8, 4) is 11.8 Å². The van der Waals surface area contributed by atoms with Gasteiger partial charge in [-0.25, -0.2) is 0 Å². The molecule has 0 radical (unpaired) electrons. The summed E-state index contributed by atoms with van der Waals surface area (Å²) in [4.78, 5) is 4.71. The van der Waals surface area contributed by atoms with Gasteiger partial charge < -0.3 is 9.80 Å². The predicted molar refractivity (Wildman–Crippen MR) is 240 cm³/mol. The zero-order valence-electron chi connectivity index (χ0n) is 31.9. The van der Waals surface area contributed by atoms with Crippen molar-refractivity contribution in [2.45, 2.75) is 18.3 Å². The van der Waals surface area contributed by atoms with Gasteiger partial charge in [0.05, 0.1) is 22.7 Å². The van der Waals surface area contributed by atoms with E-state index in [2.05, 4.69) is 222 Å². The average molecular weight is 739 g/mol. The molecular weight excluding hydrogens is 701 g/mol. The van der Waals surface area contributed by atoms with Gasteiger partial charge >= 0.3 is 0 Å². The topological polar surface area (TPSA) is 6.48 Å². The summed E-state index contributed by atoms with van der Waals surface area (Å²) in [7, 11) is 0. The van der Waals surface area contributed by atoms with Gasteiger partial charge in [-0.1, -0.05) is 157 Å². The van der Waals surface area contributed by atoms with Crippen LogP contribution in [-0.2, 0) is 5.41 Å². The molecule has 2 atom stereocenters. The highest BCUT2D eigenvalue weighted by atomic mass is 15.2. The summed E-state index contributed by atoms with van der Waals surface area (Å²) < 4.78 is 0. The first-order valence-electron chi connectivity index (χ1n) is 20.1. The Hall–Kier alpha value is -7.52. The van der Waals surface area contributed by atoms with E-state index < -0.39 is 5.41 Å². The molecule has 2 unspecified atom stereocenters. The standard InChI is InChI=1S/C56H38N2/c1-6-21-40(22-7-1)57(41-23-8-2-9-24-41)44-29-20-36-52-49(38-37-44)55-48-33-17-16-32-47(48)54(58(42-25-10-3-11-26-42)43-27-12-4-13-28-43)39-53(55)56(52)50-34-15-5-14-30-45(50)46-31-18-19-35-51(46)56/h1-12,14-19,21-27,31-35,37-39,52H,29-30H2/b44-37+,49-38+. The highest BCUT2D eigenvalue weighted by Crippen LogP contribution is 2.66. The number of nitrogens with zero attached hydrogens (tertiary/aromatic N) is 2. The molecule has 2 nitrogen and oxygen atoms in total. The molecule has 4 aliphatic carbocycles. The van der Waals surface area contributed by atoms with Gasteiger partial charge in [-0.2, -0.15) is 0 Å². The number of anilines is 5. The molecule has 0 aliphatic heterocycles. The Morgan fingerprint density at radius 1 is 0.603 bits per heavy atom. The molecule has 4 aliphatic rings. The summed E-state index contributed by atoms with van der Waals surface area (Å²) in [5.74, 6) is 7.71. The Morgan fingerprint density at radius 2 is 1.28 bits per heavy atom. The molecule has 0 aromatic heterocycles. The van der Waals surface area contributed by atoms with Gasteiger partial charge in [0, 0.05) is 34.6 Å². The van der Waals surface area contributed by atoms with Gasteiger partial charge in [-0.05, 0) is 118 Å². The highest BCUT2D eigenvalue weighted by molar-refractivity contribution is 6.10. The van der Waals surface area contributed by atoms with Gasteiger partial charge in [0.25, 0.3) is 0 Å². The van der Waals surface area contributed by atoms with E-state index in [1.807, 2.05) is 12.1 Å². The maximum Gasteiger partial charge on any atom is 0.0973 e. The second kappa shape index (κ2) is 13.9. The van der Waals surface area contributed by atoms with Gasteiger partial charge in [0.2, 0.25) is 0 Å². The highest BCUT2D eigenvalue weighted by Gasteiger charge is 2.57. The van der Waals surface area contributed by atoms with E-state index in [9.17, 15) is 0 Å². The lowest BCUT2D eigenvalue weighted by atomic mass is 9.66. The normalized spacial score (nSPS) is 20.1. The van der Waals surface area contributed by atoms with Crippen LogP contribution in [0.5, 0.6) is 0 Å². The molecule has 0 N–H and O–H groups in total. The number of allylic oxidation sites excluding steroid dienone is 10. The summed E-state index contributed by atoms with van der Waals surface area (Å²) in [5.41, 5.74) is 15.1. The van der Waals surface area contributed by atoms with Crippen LogP contribution in [-0.4, -0.2) is 0 Å². The van der Waals surface area contributed by atoms with Crippen molar-refractivity contribution in [1.29, 1.82) is 0 Å². The van der Waals surface area contributed by atoms with Gasteiger partial charge in [-0.15, -0.1) is 0 Å². The molecule has 58 heavy (non-hydrogen) atoms. The molecule has 0 saturated carbocycles. The maximum absolute atomic E-state index is 4.02. The third kappa shape index (κ3) is 5.16. The monoisotopic (exact) mass is 738 g/mol. The molecule has 0 bridgehead atoms. The Bertz CT molecular complexity index is 2860. The molecule has 1 spiro atoms. The fourth-order valence-corrected chi connectivity index (χ4v) is 9.89. The van der Waals surface area contributed by atoms with Crippen LogP contribution >= 0.6 is 0 Å². The first-order chi connectivity index (χ1) is 28.8. The van der Waals surface area contributed by atoms with Crippen LogP contribution in [0.2, 0.25) is 0 Å². The Morgan fingerprint density at radius 3 is 2.00 bits per heavy atom. The molecule has 0 fully saturated rings. The van der Waals surface area contributed by atoms with E-state index in [0.29, 0.717) is 6.42 Å². The second-order valence-electron chi connectivity index (χ2n) is 15.2. The summed E-state index contributed by atoms with van der Waals surface area (Å²) in [6, 6.07) is 65.3. The molecule has 7 aromatic carbocycles. The molecule has 0 amide bonds. The molecule has 7 aromatic rings. The summed E-state index contributed by atoms with van der Waals surface area (Å²) in [6.07, 6.45) is 15.3. The number of fused-ring (bicyclic) bond motifs is 11. The first-order valence-corrected chi connectivity index (χ1v) is 20.1. The lowest BCUT2D eigenvalue weighted by Gasteiger charge is -2.35. The van der Waals surface area contributed by atoms with Crippen LogP contribution in [0.15, 0.2) is 212 Å². The second-order valence-corrected chi connectivity index (χ2v) is 15.2. The summed E-state index contributed by atoms with van der Waals surface area (Å²) >= 11 is 0. The lowest BCUT2D eigenvalue weighted by Crippen LogP contribution is -2.32. The number of rotatable bonds is 6. The third-order valence-corrected chi connectivity index (χ3v) is 12.2. The van der Waals surface area contributed by atoms with Crippen molar-refractivity contribution in [2.75, 3.05) is 9.80 Å². The van der Waals surface area contributed by atoms with E-state index in [0.717, 1.165) is 40.6 Å². The van der Waals surface area contributed by atoms with Crippen LogP contribution in [0.1, 0.15) is 35.1 Å². The van der Waals surface area contributed by atoms with Crippen LogP contribution in [0.25, 0.3) is 21.9 Å². The SMILES string of the molecule is C1#CC2/C(=C\C=C(\N(c3ccccc3)c3ccccc3)C1)c1c(cc(N(c3c#cccc3)c3ccccc3)c3ccccc13)C21C2=C(CC=CC=C2)c2ccccc21. The van der Waals surface area contributed by atoms with Crippen LogP contribution in [0.4, 0.5) is 28.4 Å². The molecule has 272 valence electrons. The van der Waals surface area contributed by atoms with Crippen LogP contribution < -0.4 is 9.80 Å². The molecular formula is C56H38N2. The van der Waals surface area contributed by atoms with Crippen molar-refractivity contribution < 1.29 is 0 Å². The van der Waals surface area contributed by atoms with Gasteiger partial charge in [0.15, 0.2) is 0 Å². The van der Waals surface area contributed by atoms with E-state index in [1.54, 1.807) is 0 Å². The molecule has 0 heterocycles. The quantitative estimate of drug-likeness (QED) is 0.157. The number of hydrogen-bond donors (Lipinski definition) is 0. The molecule has 0 saturated heterocycles. The first kappa shape index (κ1) is 33.8. The Kier molecular flexibility index (Phi) is 8.10. The number of para-hydroxylation sites is 3. The van der Waals surface area contributed by atoms with Gasteiger partial charge in [0.1, 0.15) is 0 Å². The van der Waals surface area contributed by atoms with Gasteiger partial charge in [-0.3, -0.25) is 0 Å². The summed E-state index contributed by atoms with van der Waals surface area (Å²) in [5, 5.41) is 2.39. The smallest absolute Gasteiger partial charge is 0.0973 e. The summed E-state index contributed by atoms with van der Waals surface area (Å²) in [6.45, 7) is 0. The fraction of sp³-hybridized carbons (Fsp3) is 0.0714. The van der Waals surface area contributed by atoms with Crippen LogP contribution in [0.3, 0.4) is 0 Å². The van der Waals surface area contributed by atoms with Crippen LogP contribution in [0, 0.1) is 29.9 Å². The zero-order valence-corrected chi connectivity index (χ0v) is 31.9. The number of benzene rings is 6. The molecule has 11 rings (SSSR count). The van der Waals surface area contributed by atoms with Crippen molar-refractivity contribution in [3.05, 3.63) is 246 Å². The zero-order chi connectivity index (χ0) is 38.5. The Labute approximate surface area is 340 Å². The minimum Gasteiger partial charge on any atom is -0.313 e. The largest absolute Gasteiger partial charge is 0.313 e. The van der Waals surface area contributed by atoms with E-state index in [4.69, 9.17) is 0 Å². The maximum atomic E-state index is 4.02. The van der Waals surface area contributed by atoms with E-state index in [1.165, 1.54) is 49.7 Å². The predicted octanol–water partition coefficient (Wildman–Crippen LogP) is 13.6. The average Bonchev–Trinajstić information content (AvgIpc) is 3.54. The third-order valence-electron chi connectivity index (χ3n) is 12.2. The Balaban J connectivity index is 1.24. The van der Waals surface area contributed by atoms with Crippen molar-refractivity contribution in [3.63, 3.8) is 0 Å². The number of hydrogen-bond acceptors (Lipinski definition) is 2. The van der Waals surface area contributed by atoms with Crippen molar-refractivity contribution in [1.82, 2.24) is 0 Å². The van der Waals surface area contributed by atoms with E-state index >= 15 is 0 Å². The van der Waals surface area contributed by atoms with E-state index in [-0.39, 0.29) is 5.92 Å².